The van der Waals surface area contributed by atoms with Gasteiger partial charge >= 0.3 is 0 Å². The smallest absolute Gasteiger partial charge is 0.128 e. The van der Waals surface area contributed by atoms with Crippen molar-refractivity contribution in [3.05, 3.63) is 63.6 Å². The van der Waals surface area contributed by atoms with Crippen molar-refractivity contribution in [2.24, 2.45) is 5.84 Å². The third kappa shape index (κ3) is 2.75. The van der Waals surface area contributed by atoms with Crippen LogP contribution in [-0.4, -0.2) is 4.98 Å². The van der Waals surface area contributed by atoms with E-state index in [-0.39, 0.29) is 5.82 Å². The molecule has 0 saturated heterocycles. The second-order valence-corrected chi connectivity index (χ2v) is 4.91. The Hall–Kier alpha value is -1.30. The first-order valence-corrected chi connectivity index (χ1v) is 6.24. The van der Waals surface area contributed by atoms with E-state index in [4.69, 9.17) is 5.84 Å². The van der Waals surface area contributed by atoms with Crippen molar-refractivity contribution < 1.29 is 4.39 Å². The van der Waals surface area contributed by atoms with Gasteiger partial charge in [-0.05, 0) is 42.8 Å². The number of benzene rings is 1. The molecule has 0 radical (unpaired) electrons. The summed E-state index contributed by atoms with van der Waals surface area (Å²) in [5.41, 5.74) is 4.88. The van der Waals surface area contributed by atoms with Gasteiger partial charge in [0.1, 0.15) is 5.82 Å². The fourth-order valence-corrected chi connectivity index (χ4v) is 2.23. The summed E-state index contributed by atoms with van der Waals surface area (Å²) in [6.45, 7) is 1.88. The zero-order chi connectivity index (χ0) is 13.1. The quantitative estimate of drug-likeness (QED) is 0.677. The van der Waals surface area contributed by atoms with Crippen LogP contribution in [0.1, 0.15) is 22.9 Å². The number of rotatable bonds is 3. The molecule has 0 aliphatic heterocycles. The molecule has 1 atom stereocenters. The SMILES string of the molecule is Cc1cc(C(NN)c2cc(Br)ccc2F)ccn1. The molecule has 0 fully saturated rings. The highest BCUT2D eigenvalue weighted by Crippen LogP contribution is 2.26. The van der Waals surface area contributed by atoms with Crippen molar-refractivity contribution in [2.75, 3.05) is 0 Å². The average molecular weight is 310 g/mol. The van der Waals surface area contributed by atoms with Crippen molar-refractivity contribution in [3.8, 4) is 0 Å². The van der Waals surface area contributed by atoms with Crippen LogP contribution in [0.5, 0.6) is 0 Å². The fourth-order valence-electron chi connectivity index (χ4n) is 1.85. The molecule has 2 aromatic rings. The Bertz CT molecular complexity index is 560. The predicted octanol–water partition coefficient (Wildman–Crippen LogP) is 2.84. The highest BCUT2D eigenvalue weighted by Gasteiger charge is 2.17. The summed E-state index contributed by atoms with van der Waals surface area (Å²) in [7, 11) is 0. The number of aryl methyl sites for hydroxylation is 1. The fraction of sp³-hybridized carbons (Fsp3) is 0.154. The van der Waals surface area contributed by atoms with Crippen molar-refractivity contribution in [3.63, 3.8) is 0 Å². The van der Waals surface area contributed by atoms with Gasteiger partial charge in [-0.15, -0.1) is 0 Å². The third-order valence-corrected chi connectivity index (χ3v) is 3.18. The molecule has 1 aromatic heterocycles. The summed E-state index contributed by atoms with van der Waals surface area (Å²) in [5, 5.41) is 0. The lowest BCUT2D eigenvalue weighted by Gasteiger charge is -2.18. The van der Waals surface area contributed by atoms with Crippen molar-refractivity contribution in [1.29, 1.82) is 0 Å². The lowest BCUT2D eigenvalue weighted by atomic mass is 9.99. The minimum atomic E-state index is -0.399. The van der Waals surface area contributed by atoms with E-state index in [0.717, 1.165) is 15.7 Å². The molecule has 0 spiro atoms. The average Bonchev–Trinajstić information content (AvgIpc) is 2.35. The summed E-state index contributed by atoms with van der Waals surface area (Å²) in [4.78, 5) is 4.12. The molecule has 3 N–H and O–H groups in total. The molecule has 0 bridgehead atoms. The maximum Gasteiger partial charge on any atom is 0.128 e. The van der Waals surface area contributed by atoms with Crippen LogP contribution in [0.15, 0.2) is 41.0 Å². The number of hydrogen-bond acceptors (Lipinski definition) is 3. The second-order valence-electron chi connectivity index (χ2n) is 4.00. The molecule has 1 aromatic carbocycles. The molecule has 0 aliphatic carbocycles. The van der Waals surface area contributed by atoms with Gasteiger partial charge in [0.25, 0.3) is 0 Å². The Balaban J connectivity index is 2.48. The molecule has 1 heterocycles. The largest absolute Gasteiger partial charge is 0.271 e. The van der Waals surface area contributed by atoms with E-state index in [2.05, 4.69) is 26.3 Å². The first kappa shape index (κ1) is 13.1. The summed E-state index contributed by atoms with van der Waals surface area (Å²) in [5.74, 6) is 5.26. The lowest BCUT2D eigenvalue weighted by molar-refractivity contribution is 0.559. The van der Waals surface area contributed by atoms with Gasteiger partial charge in [0.2, 0.25) is 0 Å². The van der Waals surface area contributed by atoms with E-state index in [9.17, 15) is 4.39 Å². The Morgan fingerprint density at radius 3 is 2.78 bits per heavy atom. The van der Waals surface area contributed by atoms with Crippen molar-refractivity contribution in [2.45, 2.75) is 13.0 Å². The molecule has 2 rings (SSSR count). The van der Waals surface area contributed by atoms with Gasteiger partial charge in [0.05, 0.1) is 6.04 Å². The number of aromatic nitrogens is 1. The molecule has 0 saturated carbocycles. The van der Waals surface area contributed by atoms with Crippen LogP contribution < -0.4 is 11.3 Å². The van der Waals surface area contributed by atoms with E-state index < -0.39 is 6.04 Å². The van der Waals surface area contributed by atoms with Gasteiger partial charge in [-0.1, -0.05) is 15.9 Å². The monoisotopic (exact) mass is 309 g/mol. The molecule has 1 unspecified atom stereocenters. The van der Waals surface area contributed by atoms with Crippen LogP contribution >= 0.6 is 15.9 Å². The van der Waals surface area contributed by atoms with Crippen LogP contribution in [0.2, 0.25) is 0 Å². The van der Waals surface area contributed by atoms with Gasteiger partial charge in [0, 0.05) is 21.9 Å². The van der Waals surface area contributed by atoms with E-state index in [1.54, 1.807) is 18.3 Å². The van der Waals surface area contributed by atoms with Gasteiger partial charge in [-0.3, -0.25) is 10.8 Å². The van der Waals surface area contributed by atoms with Crippen LogP contribution in [-0.2, 0) is 0 Å². The molecule has 18 heavy (non-hydrogen) atoms. The van der Waals surface area contributed by atoms with Crippen molar-refractivity contribution >= 4 is 15.9 Å². The Kier molecular flexibility index (Phi) is 4.06. The van der Waals surface area contributed by atoms with E-state index in [1.807, 2.05) is 19.1 Å². The molecule has 0 aliphatic rings. The van der Waals surface area contributed by atoms with Crippen molar-refractivity contribution in [1.82, 2.24) is 10.4 Å². The summed E-state index contributed by atoms with van der Waals surface area (Å²) >= 11 is 3.33. The molecular weight excluding hydrogens is 297 g/mol. The minimum Gasteiger partial charge on any atom is -0.271 e. The molecule has 0 amide bonds. The maximum atomic E-state index is 13.9. The van der Waals surface area contributed by atoms with Gasteiger partial charge in [0.15, 0.2) is 0 Å². The third-order valence-electron chi connectivity index (χ3n) is 2.69. The van der Waals surface area contributed by atoms with E-state index >= 15 is 0 Å². The summed E-state index contributed by atoms with van der Waals surface area (Å²) in [6.07, 6.45) is 1.69. The number of hydrazine groups is 1. The highest BCUT2D eigenvalue weighted by molar-refractivity contribution is 9.10. The number of nitrogens with zero attached hydrogens (tertiary/aromatic N) is 1. The first-order valence-electron chi connectivity index (χ1n) is 5.45. The molecule has 5 heteroatoms. The number of hydrogen-bond donors (Lipinski definition) is 2. The predicted molar refractivity (Wildman–Crippen MR) is 72.2 cm³/mol. The topological polar surface area (TPSA) is 50.9 Å². The number of pyridine rings is 1. The van der Waals surface area contributed by atoms with E-state index in [0.29, 0.717) is 5.56 Å². The van der Waals surface area contributed by atoms with Crippen LogP contribution in [0.4, 0.5) is 4.39 Å². The Labute approximate surface area is 113 Å². The Morgan fingerprint density at radius 1 is 1.33 bits per heavy atom. The minimum absolute atomic E-state index is 0.296. The number of nitrogens with two attached hydrogens (primary N) is 1. The first-order chi connectivity index (χ1) is 8.61. The lowest BCUT2D eigenvalue weighted by Crippen LogP contribution is -2.29. The molecule has 3 nitrogen and oxygen atoms in total. The van der Waals surface area contributed by atoms with Gasteiger partial charge in [-0.2, -0.15) is 0 Å². The molecular formula is C13H13BrFN3. The van der Waals surface area contributed by atoms with Crippen LogP contribution in [0.25, 0.3) is 0 Å². The Morgan fingerprint density at radius 2 is 2.11 bits per heavy atom. The van der Waals surface area contributed by atoms with Gasteiger partial charge < -0.3 is 0 Å². The zero-order valence-corrected chi connectivity index (χ0v) is 11.4. The summed E-state index contributed by atoms with van der Waals surface area (Å²) in [6, 6.07) is 8.09. The number of halogens is 2. The highest BCUT2D eigenvalue weighted by atomic mass is 79.9. The van der Waals surface area contributed by atoms with Gasteiger partial charge in [-0.25, -0.2) is 9.82 Å². The second kappa shape index (κ2) is 5.56. The normalized spacial score (nSPS) is 12.4. The maximum absolute atomic E-state index is 13.9. The van der Waals surface area contributed by atoms with Crippen LogP contribution in [0.3, 0.4) is 0 Å². The van der Waals surface area contributed by atoms with E-state index in [1.165, 1.54) is 6.07 Å². The number of nitrogens with one attached hydrogen (secondary N) is 1. The van der Waals surface area contributed by atoms with Crippen LogP contribution in [0, 0.1) is 12.7 Å². The zero-order valence-electron chi connectivity index (χ0n) is 9.82. The molecule has 94 valence electrons. The standard InChI is InChI=1S/C13H13BrFN3/c1-8-6-9(4-5-17-8)13(18-16)11-7-10(14)2-3-12(11)15/h2-7,13,18H,16H2,1H3. The summed E-state index contributed by atoms with van der Waals surface area (Å²) < 4.78 is 14.7.